The lowest BCUT2D eigenvalue weighted by molar-refractivity contribution is -0.567. The zero-order valence-corrected chi connectivity index (χ0v) is 31.5. The van der Waals surface area contributed by atoms with Crippen molar-refractivity contribution >= 4 is 32.8 Å². The molecule has 10 rings (SSSR count). The molecule has 0 aliphatic heterocycles. The largest absolute Gasteiger partial charge is 0.294 e. The van der Waals surface area contributed by atoms with Gasteiger partial charge in [-0.15, -0.1) is 0 Å². The Morgan fingerprint density at radius 1 is 0.500 bits per heavy atom. The van der Waals surface area contributed by atoms with E-state index in [1.54, 1.807) is 0 Å². The van der Waals surface area contributed by atoms with Crippen LogP contribution in [-0.4, -0.2) is 14.1 Å². The lowest BCUT2D eigenvalue weighted by Crippen LogP contribution is -2.31. The van der Waals surface area contributed by atoms with Gasteiger partial charge in [0.25, 0.3) is 6.33 Å². The number of fused-ring (bicyclic) bond motifs is 4. The number of hydrogen-bond acceptors (Lipinski definition) is 1. The summed E-state index contributed by atoms with van der Waals surface area (Å²) in [4.78, 5) is 4.98. The van der Waals surface area contributed by atoms with Gasteiger partial charge in [0.05, 0.1) is 16.4 Å². The van der Waals surface area contributed by atoms with Crippen LogP contribution >= 0.6 is 0 Å². The minimum atomic E-state index is -0.667. The highest BCUT2D eigenvalue weighted by atomic mass is 15.1. The maximum Gasteiger partial charge on any atom is 0.255 e. The molecule has 10 aromatic rings. The molecule has 0 saturated carbocycles. The van der Waals surface area contributed by atoms with Crippen molar-refractivity contribution in [1.82, 2.24) is 14.1 Å². The van der Waals surface area contributed by atoms with Crippen molar-refractivity contribution in [2.45, 2.75) is 25.2 Å². The molecule has 7 aromatic carbocycles. The van der Waals surface area contributed by atoms with Crippen molar-refractivity contribution in [3.05, 3.63) is 234 Å². The lowest BCUT2D eigenvalue weighted by Gasteiger charge is -2.37. The van der Waals surface area contributed by atoms with Gasteiger partial charge in [-0.1, -0.05) is 147 Å². The van der Waals surface area contributed by atoms with E-state index in [1.165, 1.54) is 38.6 Å². The normalized spacial score (nSPS) is 11.9. The third-order valence-corrected chi connectivity index (χ3v) is 11.4. The molecule has 0 saturated heterocycles. The number of aromatic nitrogens is 4. The number of imidazole rings is 1. The molecule has 4 nitrogen and oxygen atoms in total. The lowest BCUT2D eigenvalue weighted by atomic mass is 9.65. The molecular weight excluding hydrogens is 681 g/mol. The van der Waals surface area contributed by atoms with Crippen LogP contribution < -0.4 is 4.57 Å². The number of benzene rings is 7. The number of para-hydroxylation sites is 4. The van der Waals surface area contributed by atoms with Gasteiger partial charge in [0, 0.05) is 17.0 Å². The summed E-state index contributed by atoms with van der Waals surface area (Å²) in [6, 6.07) is 70.5. The predicted molar refractivity (Wildman–Crippen MR) is 229 cm³/mol. The third-order valence-electron chi connectivity index (χ3n) is 11.4. The molecule has 3 heterocycles. The van der Waals surface area contributed by atoms with Gasteiger partial charge >= 0.3 is 0 Å². The molecule has 4 heteroatoms. The second kappa shape index (κ2) is 13.7. The van der Waals surface area contributed by atoms with E-state index >= 15 is 0 Å². The van der Waals surface area contributed by atoms with Crippen LogP contribution in [0.3, 0.4) is 0 Å². The Hall–Kier alpha value is -7.04. The minimum absolute atomic E-state index is 0.385. The monoisotopic (exact) mass is 721 g/mol. The maximum atomic E-state index is 4.98. The van der Waals surface area contributed by atoms with Crippen LogP contribution in [0, 0.1) is 0 Å². The van der Waals surface area contributed by atoms with Gasteiger partial charge < -0.3 is 0 Å². The van der Waals surface area contributed by atoms with E-state index in [2.05, 4.69) is 228 Å². The van der Waals surface area contributed by atoms with Crippen molar-refractivity contribution in [3.63, 3.8) is 0 Å². The molecule has 0 aliphatic rings. The number of pyridine rings is 1. The number of rotatable bonds is 8. The molecule has 0 spiro atoms. The van der Waals surface area contributed by atoms with Crippen LogP contribution in [0.25, 0.3) is 50.0 Å². The molecule has 0 unspecified atom stereocenters. The van der Waals surface area contributed by atoms with E-state index in [0.29, 0.717) is 5.92 Å². The standard InChI is InChI=1S/C52H41N4/c1-37(2)38-31-32-53-51(33-38)56-47-26-13-12-25-45(47)46-30-29-42(35-50(46)56)52(39-17-6-3-7-18-39,40-19-8-4-9-20-40)41-21-16-24-44(34-41)55-36-54(43-22-10-5-11-23-43)48-27-14-15-28-49(48)55/h3-37H,1-2H3/q+1. The Bertz CT molecular complexity index is 2950. The molecule has 0 amide bonds. The average Bonchev–Trinajstić information content (AvgIpc) is 3.82. The van der Waals surface area contributed by atoms with Crippen molar-refractivity contribution in [1.29, 1.82) is 0 Å². The van der Waals surface area contributed by atoms with Gasteiger partial charge in [0.15, 0.2) is 11.0 Å². The minimum Gasteiger partial charge on any atom is -0.294 e. The third kappa shape index (κ3) is 5.37. The second-order valence-electron chi connectivity index (χ2n) is 14.9. The van der Waals surface area contributed by atoms with Gasteiger partial charge in [0.2, 0.25) is 0 Å². The summed E-state index contributed by atoms with van der Waals surface area (Å²) in [5.41, 5.74) is 12.1. The van der Waals surface area contributed by atoms with E-state index in [4.69, 9.17) is 4.98 Å². The summed E-state index contributed by atoms with van der Waals surface area (Å²) >= 11 is 0. The van der Waals surface area contributed by atoms with Gasteiger partial charge in [-0.2, -0.15) is 9.13 Å². The fraction of sp³-hybridized carbons (Fsp3) is 0.0769. The van der Waals surface area contributed by atoms with Gasteiger partial charge in [-0.05, 0) is 94.4 Å². The highest BCUT2D eigenvalue weighted by Gasteiger charge is 2.39. The first-order chi connectivity index (χ1) is 27.6. The smallest absolute Gasteiger partial charge is 0.255 e. The van der Waals surface area contributed by atoms with Crippen molar-refractivity contribution in [2.24, 2.45) is 0 Å². The Morgan fingerprint density at radius 2 is 1.11 bits per heavy atom. The molecule has 0 bridgehead atoms. The van der Waals surface area contributed by atoms with E-state index < -0.39 is 5.41 Å². The fourth-order valence-electron chi connectivity index (χ4n) is 8.74. The van der Waals surface area contributed by atoms with Crippen LogP contribution in [0.1, 0.15) is 47.6 Å². The highest BCUT2D eigenvalue weighted by Crippen LogP contribution is 2.47. The van der Waals surface area contributed by atoms with Crippen LogP contribution in [0.2, 0.25) is 0 Å². The van der Waals surface area contributed by atoms with Crippen molar-refractivity contribution < 1.29 is 4.57 Å². The summed E-state index contributed by atoms with van der Waals surface area (Å²) in [6.45, 7) is 4.48. The molecule has 0 aliphatic carbocycles. The van der Waals surface area contributed by atoms with Crippen LogP contribution in [0.15, 0.2) is 207 Å². The molecular formula is C52H41N4+. The maximum absolute atomic E-state index is 4.98. The molecule has 56 heavy (non-hydrogen) atoms. The predicted octanol–water partition coefficient (Wildman–Crippen LogP) is 11.9. The van der Waals surface area contributed by atoms with E-state index in [9.17, 15) is 0 Å². The Labute approximate surface area is 327 Å². The van der Waals surface area contributed by atoms with E-state index in [0.717, 1.165) is 39.3 Å². The van der Waals surface area contributed by atoms with Crippen LogP contribution in [0.5, 0.6) is 0 Å². The molecule has 3 aromatic heterocycles. The first-order valence-corrected chi connectivity index (χ1v) is 19.4. The number of nitrogens with zero attached hydrogens (tertiary/aromatic N) is 4. The first kappa shape index (κ1) is 33.5. The summed E-state index contributed by atoms with van der Waals surface area (Å²) < 4.78 is 6.95. The summed E-state index contributed by atoms with van der Waals surface area (Å²) in [7, 11) is 0. The second-order valence-corrected chi connectivity index (χ2v) is 14.9. The van der Waals surface area contributed by atoms with Crippen molar-refractivity contribution in [2.75, 3.05) is 0 Å². The average molecular weight is 722 g/mol. The summed E-state index contributed by atoms with van der Waals surface area (Å²) in [5.74, 6) is 1.31. The quantitative estimate of drug-likeness (QED) is 0.113. The summed E-state index contributed by atoms with van der Waals surface area (Å²) in [5, 5.41) is 2.41. The van der Waals surface area contributed by atoms with Crippen LogP contribution in [0.4, 0.5) is 0 Å². The molecule has 0 fully saturated rings. The zero-order valence-electron chi connectivity index (χ0n) is 31.5. The Morgan fingerprint density at radius 3 is 1.84 bits per heavy atom. The van der Waals surface area contributed by atoms with Gasteiger partial charge in [-0.25, -0.2) is 4.98 Å². The SMILES string of the molecule is CC(C)c1ccnc(-n2c3ccccc3c3ccc(C(c4ccccc4)(c4ccccc4)c4cccc(-n5c[n+](-c6ccccc6)c6ccccc65)c4)cc32)c1. The Kier molecular flexibility index (Phi) is 8.18. The molecule has 0 N–H and O–H groups in total. The summed E-state index contributed by atoms with van der Waals surface area (Å²) in [6.07, 6.45) is 4.17. The molecule has 0 radical (unpaired) electrons. The molecule has 0 atom stereocenters. The van der Waals surface area contributed by atoms with Crippen molar-refractivity contribution in [3.8, 4) is 17.2 Å². The van der Waals surface area contributed by atoms with Crippen LogP contribution in [-0.2, 0) is 5.41 Å². The Balaban J connectivity index is 1.27. The molecule has 268 valence electrons. The fourth-order valence-corrected chi connectivity index (χ4v) is 8.74. The number of hydrogen-bond donors (Lipinski definition) is 0. The first-order valence-electron chi connectivity index (χ1n) is 19.4. The topological polar surface area (TPSA) is 26.6 Å². The zero-order chi connectivity index (χ0) is 37.6. The highest BCUT2D eigenvalue weighted by molar-refractivity contribution is 6.09. The van der Waals surface area contributed by atoms with Gasteiger partial charge in [-0.3, -0.25) is 4.57 Å². The van der Waals surface area contributed by atoms with E-state index in [1.807, 2.05) is 6.20 Å². The van der Waals surface area contributed by atoms with Gasteiger partial charge in [0.1, 0.15) is 17.2 Å². The van der Waals surface area contributed by atoms with E-state index in [-0.39, 0.29) is 0 Å².